The molecule has 1 atom stereocenters. The van der Waals surface area contributed by atoms with Crippen molar-refractivity contribution in [2.24, 2.45) is 0 Å². The van der Waals surface area contributed by atoms with Crippen LogP contribution in [0, 0.1) is 0 Å². The molecule has 0 aliphatic carbocycles. The lowest BCUT2D eigenvalue weighted by Gasteiger charge is -2.42. The normalized spacial score (nSPS) is 30.1. The van der Waals surface area contributed by atoms with Crippen LogP contribution in [-0.4, -0.2) is 23.3 Å². The van der Waals surface area contributed by atoms with Gasteiger partial charge in [0.25, 0.3) is 0 Å². The van der Waals surface area contributed by atoms with Crippen LogP contribution in [0.1, 0.15) is 12.8 Å². The summed E-state index contributed by atoms with van der Waals surface area (Å²) in [6.45, 7) is 13.4. The molecular formula is C17H32Si3. The number of hydrogen-bond acceptors (Lipinski definition) is 0. The second-order valence-corrected chi connectivity index (χ2v) is 29.2. The van der Waals surface area contributed by atoms with E-state index < -0.39 is 23.3 Å². The lowest BCUT2D eigenvalue weighted by atomic mass is 10.4. The molecule has 0 bridgehead atoms. The fraction of sp³-hybridized carbons (Fsp3) is 0.647. The van der Waals surface area contributed by atoms with E-state index in [1.165, 1.54) is 12.8 Å². The summed E-state index contributed by atoms with van der Waals surface area (Å²) in [5.74, 6) is 0. The zero-order valence-corrected chi connectivity index (χ0v) is 17.1. The van der Waals surface area contributed by atoms with Crippen LogP contribution in [0.4, 0.5) is 0 Å². The first-order chi connectivity index (χ1) is 9.27. The van der Waals surface area contributed by atoms with Crippen LogP contribution in [-0.2, 0) is 0 Å². The molecule has 0 amide bonds. The van der Waals surface area contributed by atoms with E-state index in [-0.39, 0.29) is 0 Å². The van der Waals surface area contributed by atoms with Crippen molar-refractivity contribution in [1.82, 2.24) is 0 Å². The molecule has 1 saturated heterocycles. The van der Waals surface area contributed by atoms with Crippen LogP contribution in [0.3, 0.4) is 0 Å². The molecule has 1 aromatic rings. The molecule has 2 rings (SSSR count). The van der Waals surface area contributed by atoms with Crippen molar-refractivity contribution in [3.63, 3.8) is 0 Å². The fourth-order valence-corrected chi connectivity index (χ4v) is 20.0. The highest BCUT2D eigenvalue weighted by Gasteiger charge is 2.46. The second-order valence-electron chi connectivity index (χ2n) is 8.45. The minimum atomic E-state index is -1.26. The largest absolute Gasteiger partial charge is 0.0768 e. The molecule has 1 aliphatic rings. The number of hydrogen-bond donors (Lipinski definition) is 0. The average molecular weight is 321 g/mol. The standard InChI is InChI=1S/C17H32Si3/c1-18(2)13-9-15-19(3,4)20(5,16-10-14-18)17-11-7-6-8-12-17/h6-8,11-12H,9-10,13-16H2,1-5H3. The van der Waals surface area contributed by atoms with Crippen molar-refractivity contribution in [2.75, 3.05) is 0 Å². The first-order valence-corrected chi connectivity index (χ1v) is 18.7. The summed E-state index contributed by atoms with van der Waals surface area (Å²) in [4.78, 5) is 0. The fourth-order valence-electron chi connectivity index (χ4n) is 4.01. The highest BCUT2D eigenvalue weighted by molar-refractivity contribution is 7.46. The van der Waals surface area contributed by atoms with Gasteiger partial charge in [-0.25, -0.2) is 0 Å². The molecule has 1 unspecified atom stereocenters. The van der Waals surface area contributed by atoms with Gasteiger partial charge in [-0.05, 0) is 0 Å². The molecule has 0 spiro atoms. The molecule has 20 heavy (non-hydrogen) atoms. The third kappa shape index (κ3) is 3.37. The van der Waals surface area contributed by atoms with Crippen LogP contribution in [0.25, 0.3) is 0 Å². The van der Waals surface area contributed by atoms with E-state index in [0.717, 1.165) is 0 Å². The molecule has 1 aliphatic heterocycles. The van der Waals surface area contributed by atoms with Gasteiger partial charge in [-0.1, -0.05) is 105 Å². The first-order valence-electron chi connectivity index (χ1n) is 8.32. The molecule has 0 radical (unpaired) electrons. The molecule has 0 N–H and O–H groups in total. The van der Waals surface area contributed by atoms with Gasteiger partial charge in [0.15, 0.2) is 0 Å². The molecule has 3 heteroatoms. The van der Waals surface area contributed by atoms with Crippen molar-refractivity contribution in [2.45, 2.75) is 69.8 Å². The van der Waals surface area contributed by atoms with Gasteiger partial charge < -0.3 is 0 Å². The van der Waals surface area contributed by atoms with E-state index in [0.29, 0.717) is 0 Å². The summed E-state index contributed by atoms with van der Waals surface area (Å²) < 4.78 is 0. The Balaban J connectivity index is 2.33. The Morgan fingerprint density at radius 1 is 0.700 bits per heavy atom. The van der Waals surface area contributed by atoms with Gasteiger partial charge in [0, 0.05) is 15.7 Å². The quantitative estimate of drug-likeness (QED) is 0.619. The topological polar surface area (TPSA) is 0 Å². The maximum absolute atomic E-state index is 2.72. The molecule has 112 valence electrons. The highest BCUT2D eigenvalue weighted by atomic mass is 29.3. The molecule has 0 saturated carbocycles. The maximum Gasteiger partial charge on any atom is 0.0768 e. The van der Waals surface area contributed by atoms with E-state index >= 15 is 0 Å². The van der Waals surface area contributed by atoms with Crippen LogP contribution in [0.2, 0.25) is 56.9 Å². The lowest BCUT2D eigenvalue weighted by Crippen LogP contribution is -2.64. The third-order valence-electron chi connectivity index (χ3n) is 6.09. The Morgan fingerprint density at radius 2 is 1.25 bits per heavy atom. The Hall–Kier alpha value is -0.129. The molecule has 1 heterocycles. The van der Waals surface area contributed by atoms with Crippen molar-refractivity contribution in [3.8, 4) is 0 Å². The molecular weight excluding hydrogens is 288 g/mol. The minimum absolute atomic E-state index is 0.887. The number of benzene rings is 1. The molecule has 0 nitrogen and oxygen atoms in total. The van der Waals surface area contributed by atoms with Crippen molar-refractivity contribution >= 4 is 28.4 Å². The zero-order valence-electron chi connectivity index (χ0n) is 14.1. The van der Waals surface area contributed by atoms with Gasteiger partial charge in [0.05, 0.1) is 7.59 Å². The van der Waals surface area contributed by atoms with Crippen LogP contribution >= 0.6 is 0 Å². The smallest absolute Gasteiger partial charge is 0.0710 e. The third-order valence-corrected chi connectivity index (χ3v) is 28.4. The Bertz CT molecular complexity index is 439. The van der Waals surface area contributed by atoms with E-state index in [1.807, 2.05) is 0 Å². The zero-order chi connectivity index (χ0) is 14.9. The van der Waals surface area contributed by atoms with Crippen molar-refractivity contribution < 1.29 is 0 Å². The summed E-state index contributed by atoms with van der Waals surface area (Å²) in [5.41, 5.74) is 0. The van der Waals surface area contributed by atoms with Crippen LogP contribution in [0.15, 0.2) is 30.3 Å². The molecule has 1 aromatic carbocycles. The lowest BCUT2D eigenvalue weighted by molar-refractivity contribution is 0.978. The van der Waals surface area contributed by atoms with E-state index in [4.69, 9.17) is 0 Å². The summed E-state index contributed by atoms with van der Waals surface area (Å²) in [6, 6.07) is 17.9. The minimum Gasteiger partial charge on any atom is -0.0710 e. The summed E-state index contributed by atoms with van der Waals surface area (Å²) in [5, 5.41) is 1.75. The summed E-state index contributed by atoms with van der Waals surface area (Å²) in [6.07, 6.45) is 3.03. The molecule has 0 aromatic heterocycles. The van der Waals surface area contributed by atoms with Crippen LogP contribution < -0.4 is 5.19 Å². The van der Waals surface area contributed by atoms with Gasteiger partial charge in [0.1, 0.15) is 0 Å². The van der Waals surface area contributed by atoms with Gasteiger partial charge >= 0.3 is 0 Å². The summed E-state index contributed by atoms with van der Waals surface area (Å²) in [7, 11) is -3.24. The van der Waals surface area contributed by atoms with Gasteiger partial charge in [0.2, 0.25) is 0 Å². The van der Waals surface area contributed by atoms with Gasteiger partial charge in [-0.3, -0.25) is 0 Å². The van der Waals surface area contributed by atoms with E-state index in [1.54, 1.807) is 29.4 Å². The van der Waals surface area contributed by atoms with Gasteiger partial charge in [-0.15, -0.1) is 0 Å². The van der Waals surface area contributed by atoms with Crippen molar-refractivity contribution in [1.29, 1.82) is 0 Å². The number of rotatable bonds is 1. The predicted molar refractivity (Wildman–Crippen MR) is 101 cm³/mol. The summed E-state index contributed by atoms with van der Waals surface area (Å²) >= 11 is 0. The first kappa shape index (κ1) is 16.2. The van der Waals surface area contributed by atoms with Gasteiger partial charge in [-0.2, -0.15) is 0 Å². The Morgan fingerprint density at radius 3 is 1.85 bits per heavy atom. The van der Waals surface area contributed by atoms with Crippen LogP contribution in [0.5, 0.6) is 0 Å². The molecule has 1 fully saturated rings. The Labute approximate surface area is 128 Å². The monoisotopic (exact) mass is 320 g/mol. The van der Waals surface area contributed by atoms with Crippen molar-refractivity contribution in [3.05, 3.63) is 30.3 Å². The predicted octanol–water partition coefficient (Wildman–Crippen LogP) is 5.26. The average Bonchev–Trinajstić information content (AvgIpc) is 2.41. The highest BCUT2D eigenvalue weighted by Crippen LogP contribution is 2.35. The maximum atomic E-state index is 2.72. The Kier molecular flexibility index (Phi) is 4.82. The van der Waals surface area contributed by atoms with E-state index in [9.17, 15) is 0 Å². The second kappa shape index (κ2) is 5.93. The SMILES string of the molecule is C[Si]1(C)CCC[Si](C)(C)[Si](C)(c2ccccc2)CCC1. The van der Waals surface area contributed by atoms with E-state index in [2.05, 4.69) is 63.1 Å².